The Morgan fingerprint density at radius 3 is 2.46 bits per heavy atom. The first kappa shape index (κ1) is 16.4. The van der Waals surface area contributed by atoms with Crippen molar-refractivity contribution in [3.63, 3.8) is 0 Å². The number of carbonyl (C=O) groups excluding carboxylic acids is 1. The van der Waals surface area contributed by atoms with Gasteiger partial charge in [0.25, 0.3) is 0 Å². The lowest BCUT2D eigenvalue weighted by Crippen LogP contribution is -2.57. The second kappa shape index (κ2) is 6.55. The summed E-state index contributed by atoms with van der Waals surface area (Å²) in [4.78, 5) is 14.2. The fourth-order valence-corrected chi connectivity index (χ4v) is 2.78. The number of amides is 1. The lowest BCUT2D eigenvalue weighted by Gasteiger charge is -2.39. The monoisotopic (exact) mass is 329 g/mol. The Labute approximate surface area is 142 Å². The number of carbonyl (C=O) groups is 1. The summed E-state index contributed by atoms with van der Waals surface area (Å²) >= 11 is 0. The van der Waals surface area contributed by atoms with Crippen LogP contribution < -0.4 is 9.47 Å². The minimum Gasteiger partial charge on any atom is -0.493 e. The van der Waals surface area contributed by atoms with Gasteiger partial charge in [0.1, 0.15) is 12.6 Å². The number of likely N-dealkylation sites (tertiary alicyclic amines) is 1. The molecule has 0 bridgehead atoms. The van der Waals surface area contributed by atoms with E-state index in [9.17, 15) is 4.79 Å². The molecule has 0 spiro atoms. The van der Waals surface area contributed by atoms with Crippen molar-refractivity contribution in [1.82, 2.24) is 14.7 Å². The molecule has 1 saturated heterocycles. The lowest BCUT2D eigenvalue weighted by atomic mass is 10.1. The number of aryl methyl sites for hydroxylation is 1. The van der Waals surface area contributed by atoms with E-state index in [-0.39, 0.29) is 18.6 Å². The van der Waals surface area contributed by atoms with E-state index in [1.165, 1.54) is 0 Å². The number of methoxy groups -OCH3 is 1. The minimum atomic E-state index is 0.00689. The highest BCUT2D eigenvalue weighted by molar-refractivity contribution is 5.77. The van der Waals surface area contributed by atoms with Crippen molar-refractivity contribution in [2.75, 3.05) is 20.2 Å². The maximum absolute atomic E-state index is 12.4. The van der Waals surface area contributed by atoms with Crippen LogP contribution in [-0.4, -0.2) is 46.9 Å². The normalized spacial score (nSPS) is 14.4. The molecule has 0 unspecified atom stereocenters. The van der Waals surface area contributed by atoms with Crippen LogP contribution in [-0.2, 0) is 11.3 Å². The van der Waals surface area contributed by atoms with Crippen molar-refractivity contribution in [1.29, 1.82) is 0 Å². The van der Waals surface area contributed by atoms with Crippen molar-refractivity contribution in [3.8, 4) is 11.5 Å². The Bertz CT molecular complexity index is 748. The van der Waals surface area contributed by atoms with Gasteiger partial charge in [-0.15, -0.1) is 0 Å². The molecule has 0 radical (unpaired) electrons. The van der Waals surface area contributed by atoms with Gasteiger partial charge >= 0.3 is 0 Å². The number of hydrogen-bond donors (Lipinski definition) is 0. The Balaban J connectivity index is 1.54. The molecule has 2 aromatic rings. The molecule has 128 valence electrons. The van der Waals surface area contributed by atoms with Gasteiger partial charge in [-0.25, -0.2) is 0 Å². The molecule has 3 rings (SSSR count). The van der Waals surface area contributed by atoms with Crippen LogP contribution in [0.15, 0.2) is 24.3 Å². The molecule has 0 saturated carbocycles. The van der Waals surface area contributed by atoms with E-state index in [1.807, 2.05) is 45.0 Å². The van der Waals surface area contributed by atoms with Crippen LogP contribution >= 0.6 is 0 Å². The Kier molecular flexibility index (Phi) is 4.46. The molecule has 6 nitrogen and oxygen atoms in total. The van der Waals surface area contributed by atoms with Crippen LogP contribution in [0.2, 0.25) is 0 Å². The Morgan fingerprint density at radius 1 is 1.21 bits per heavy atom. The van der Waals surface area contributed by atoms with E-state index in [1.54, 1.807) is 16.7 Å². The van der Waals surface area contributed by atoms with Crippen molar-refractivity contribution in [3.05, 3.63) is 41.2 Å². The Hall–Kier alpha value is -2.50. The van der Waals surface area contributed by atoms with E-state index in [2.05, 4.69) is 5.10 Å². The minimum absolute atomic E-state index is 0.00689. The lowest BCUT2D eigenvalue weighted by molar-refractivity contribution is -0.140. The number of nitrogens with zero attached hydrogens (tertiary/aromatic N) is 3. The maximum Gasteiger partial charge on any atom is 0.244 e. The molecular weight excluding hydrogens is 306 g/mol. The van der Waals surface area contributed by atoms with Gasteiger partial charge in [-0.2, -0.15) is 5.10 Å². The third kappa shape index (κ3) is 3.09. The second-order valence-corrected chi connectivity index (χ2v) is 6.14. The van der Waals surface area contributed by atoms with Gasteiger partial charge in [-0.05, 0) is 38.5 Å². The number of rotatable bonds is 5. The van der Waals surface area contributed by atoms with Crippen LogP contribution in [0.5, 0.6) is 11.5 Å². The van der Waals surface area contributed by atoms with E-state index in [0.717, 1.165) is 17.0 Å². The summed E-state index contributed by atoms with van der Waals surface area (Å²) in [5.41, 5.74) is 3.16. The van der Waals surface area contributed by atoms with Crippen LogP contribution in [0.1, 0.15) is 17.0 Å². The Morgan fingerprint density at radius 2 is 1.88 bits per heavy atom. The highest BCUT2D eigenvalue weighted by Gasteiger charge is 2.33. The zero-order valence-corrected chi connectivity index (χ0v) is 14.6. The topological polar surface area (TPSA) is 56.6 Å². The maximum atomic E-state index is 12.4. The molecule has 6 heteroatoms. The summed E-state index contributed by atoms with van der Waals surface area (Å²) in [7, 11) is 1.62. The van der Waals surface area contributed by atoms with Crippen LogP contribution in [0.4, 0.5) is 0 Å². The molecule has 0 aliphatic carbocycles. The first-order chi connectivity index (χ1) is 11.5. The molecule has 1 aromatic carbocycles. The summed E-state index contributed by atoms with van der Waals surface area (Å²) < 4.78 is 13.0. The van der Waals surface area contributed by atoms with E-state index >= 15 is 0 Å². The van der Waals surface area contributed by atoms with Gasteiger partial charge in [0.15, 0.2) is 11.5 Å². The first-order valence-corrected chi connectivity index (χ1v) is 8.07. The highest BCUT2D eigenvalue weighted by atomic mass is 16.5. The predicted octanol–water partition coefficient (Wildman–Crippen LogP) is 2.11. The molecule has 1 aromatic heterocycles. The fourth-order valence-electron chi connectivity index (χ4n) is 2.78. The average molecular weight is 329 g/mol. The number of aromatic nitrogens is 2. The van der Waals surface area contributed by atoms with Crippen LogP contribution in [0, 0.1) is 20.8 Å². The van der Waals surface area contributed by atoms with Crippen molar-refractivity contribution in [2.24, 2.45) is 0 Å². The second-order valence-electron chi connectivity index (χ2n) is 6.14. The number of para-hydroxylation sites is 2. The van der Waals surface area contributed by atoms with E-state index in [0.29, 0.717) is 24.6 Å². The van der Waals surface area contributed by atoms with Gasteiger partial charge in [0.05, 0.1) is 25.9 Å². The summed E-state index contributed by atoms with van der Waals surface area (Å²) in [6.45, 7) is 7.45. The van der Waals surface area contributed by atoms with Gasteiger partial charge in [-0.1, -0.05) is 12.1 Å². The number of benzene rings is 1. The standard InChI is InChI=1S/C18H23N3O3/c1-12-13(2)19-21(14(12)3)11-18(22)20-9-15(10-20)24-17-8-6-5-7-16(17)23-4/h5-8,15H,9-11H2,1-4H3. The predicted molar refractivity (Wildman–Crippen MR) is 90.4 cm³/mol. The van der Waals surface area contributed by atoms with Crippen molar-refractivity contribution in [2.45, 2.75) is 33.4 Å². The number of hydrogen-bond acceptors (Lipinski definition) is 4. The van der Waals surface area contributed by atoms with E-state index < -0.39 is 0 Å². The van der Waals surface area contributed by atoms with Gasteiger partial charge in [0.2, 0.25) is 5.91 Å². The quantitative estimate of drug-likeness (QED) is 0.843. The first-order valence-electron chi connectivity index (χ1n) is 8.07. The summed E-state index contributed by atoms with van der Waals surface area (Å²) in [6.07, 6.45) is 0.00689. The zero-order chi connectivity index (χ0) is 17.3. The van der Waals surface area contributed by atoms with Crippen molar-refractivity contribution >= 4 is 5.91 Å². The van der Waals surface area contributed by atoms with Gasteiger partial charge in [0, 0.05) is 5.69 Å². The molecule has 2 heterocycles. The average Bonchev–Trinajstić information content (AvgIpc) is 2.77. The van der Waals surface area contributed by atoms with Crippen LogP contribution in [0.3, 0.4) is 0 Å². The van der Waals surface area contributed by atoms with E-state index in [4.69, 9.17) is 9.47 Å². The van der Waals surface area contributed by atoms with Gasteiger partial charge < -0.3 is 14.4 Å². The molecule has 24 heavy (non-hydrogen) atoms. The highest BCUT2D eigenvalue weighted by Crippen LogP contribution is 2.28. The molecule has 0 N–H and O–H groups in total. The SMILES string of the molecule is COc1ccccc1OC1CN(C(=O)Cn2nc(C)c(C)c2C)C1. The summed E-state index contributed by atoms with van der Waals surface area (Å²) in [5.74, 6) is 1.49. The van der Waals surface area contributed by atoms with Gasteiger partial charge in [-0.3, -0.25) is 9.48 Å². The largest absolute Gasteiger partial charge is 0.493 e. The molecule has 0 atom stereocenters. The fraction of sp³-hybridized carbons (Fsp3) is 0.444. The van der Waals surface area contributed by atoms with Crippen LogP contribution in [0.25, 0.3) is 0 Å². The smallest absolute Gasteiger partial charge is 0.244 e. The third-order valence-electron chi connectivity index (χ3n) is 4.59. The molecule has 1 fully saturated rings. The number of ether oxygens (including phenoxy) is 2. The van der Waals surface area contributed by atoms with Crippen molar-refractivity contribution < 1.29 is 14.3 Å². The third-order valence-corrected chi connectivity index (χ3v) is 4.59. The summed E-state index contributed by atoms with van der Waals surface area (Å²) in [5, 5.41) is 4.42. The molecule has 1 aliphatic rings. The molecular formula is C18H23N3O3. The molecule has 1 aliphatic heterocycles. The molecule has 1 amide bonds. The zero-order valence-electron chi connectivity index (χ0n) is 14.6. The summed E-state index contributed by atoms with van der Waals surface area (Å²) in [6, 6.07) is 7.55.